The highest BCUT2D eigenvalue weighted by molar-refractivity contribution is 5.78. The van der Waals surface area contributed by atoms with Gasteiger partial charge in [-0.25, -0.2) is 4.98 Å². The molecular formula is C19H21N3O3. The number of aliphatic hydroxyl groups is 1. The molecule has 0 aliphatic carbocycles. The first-order valence-corrected chi connectivity index (χ1v) is 8.14. The minimum atomic E-state index is -0.0912. The first-order valence-electron chi connectivity index (χ1n) is 8.14. The lowest BCUT2D eigenvalue weighted by Gasteiger charge is -2.22. The van der Waals surface area contributed by atoms with Crippen molar-refractivity contribution in [3.63, 3.8) is 0 Å². The van der Waals surface area contributed by atoms with Gasteiger partial charge in [-0.3, -0.25) is 4.79 Å². The van der Waals surface area contributed by atoms with Gasteiger partial charge in [0.1, 0.15) is 11.4 Å². The maximum atomic E-state index is 12.7. The Labute approximate surface area is 146 Å². The maximum absolute atomic E-state index is 12.7. The second-order valence-electron chi connectivity index (χ2n) is 5.73. The normalized spacial score (nSPS) is 10.8. The van der Waals surface area contributed by atoms with Crippen LogP contribution in [-0.4, -0.2) is 45.6 Å². The standard InChI is InChI=1S/C19H21N3O3/c1-25-17-7-3-2-6-15(17)13-22(10-11-23)19(24)12-16-14-21-9-5-4-8-18(21)20-16/h2-9,14,23H,10-13H2,1H3. The number of methoxy groups -OCH3 is 1. The lowest BCUT2D eigenvalue weighted by Crippen LogP contribution is -2.34. The average molecular weight is 339 g/mol. The Hall–Kier alpha value is -2.86. The van der Waals surface area contributed by atoms with Crippen molar-refractivity contribution in [3.05, 3.63) is 66.1 Å². The number of carbonyl (C=O) groups is 1. The van der Waals surface area contributed by atoms with Gasteiger partial charge in [-0.05, 0) is 18.2 Å². The van der Waals surface area contributed by atoms with Crippen LogP contribution >= 0.6 is 0 Å². The molecule has 0 aliphatic heterocycles. The van der Waals surface area contributed by atoms with Crippen LogP contribution in [-0.2, 0) is 17.8 Å². The number of carbonyl (C=O) groups excluding carboxylic acids is 1. The molecule has 2 heterocycles. The van der Waals surface area contributed by atoms with Gasteiger partial charge in [0, 0.05) is 31.0 Å². The number of benzene rings is 1. The average Bonchev–Trinajstić information content (AvgIpc) is 3.04. The van der Waals surface area contributed by atoms with E-state index in [-0.39, 0.29) is 25.5 Å². The first kappa shape index (κ1) is 17.0. The van der Waals surface area contributed by atoms with E-state index in [0.717, 1.165) is 17.0 Å². The van der Waals surface area contributed by atoms with Gasteiger partial charge in [0.15, 0.2) is 0 Å². The maximum Gasteiger partial charge on any atom is 0.229 e. The Bertz CT molecular complexity index is 827. The molecule has 25 heavy (non-hydrogen) atoms. The molecule has 3 aromatic rings. The quantitative estimate of drug-likeness (QED) is 0.714. The van der Waals surface area contributed by atoms with Crippen molar-refractivity contribution in [3.8, 4) is 5.75 Å². The Morgan fingerprint density at radius 2 is 2.04 bits per heavy atom. The summed E-state index contributed by atoms with van der Waals surface area (Å²) >= 11 is 0. The summed E-state index contributed by atoms with van der Waals surface area (Å²) in [5.41, 5.74) is 2.42. The number of para-hydroxylation sites is 1. The second kappa shape index (κ2) is 7.81. The van der Waals surface area contributed by atoms with Crippen molar-refractivity contribution in [2.75, 3.05) is 20.3 Å². The minimum Gasteiger partial charge on any atom is -0.496 e. The van der Waals surface area contributed by atoms with E-state index in [1.807, 2.05) is 59.3 Å². The van der Waals surface area contributed by atoms with E-state index >= 15 is 0 Å². The molecule has 0 bridgehead atoms. The van der Waals surface area contributed by atoms with Gasteiger partial charge >= 0.3 is 0 Å². The van der Waals surface area contributed by atoms with Crippen molar-refractivity contribution in [2.24, 2.45) is 0 Å². The van der Waals surface area contributed by atoms with Crippen LogP contribution in [0.1, 0.15) is 11.3 Å². The van der Waals surface area contributed by atoms with Gasteiger partial charge in [0.25, 0.3) is 0 Å². The SMILES string of the molecule is COc1ccccc1CN(CCO)C(=O)Cc1cn2ccccc2n1. The molecule has 0 saturated carbocycles. The van der Waals surface area contributed by atoms with Crippen molar-refractivity contribution < 1.29 is 14.6 Å². The lowest BCUT2D eigenvalue weighted by atomic mass is 10.1. The molecule has 0 atom stereocenters. The number of imidazole rings is 1. The third-order valence-electron chi connectivity index (χ3n) is 4.02. The number of ether oxygens (including phenoxy) is 1. The molecular weight excluding hydrogens is 318 g/mol. The van der Waals surface area contributed by atoms with Crippen LogP contribution in [0.25, 0.3) is 5.65 Å². The smallest absolute Gasteiger partial charge is 0.229 e. The molecule has 0 spiro atoms. The molecule has 0 radical (unpaired) electrons. The number of amides is 1. The fourth-order valence-corrected chi connectivity index (χ4v) is 2.79. The molecule has 1 N–H and O–H groups in total. The third-order valence-corrected chi connectivity index (χ3v) is 4.02. The van der Waals surface area contributed by atoms with Crippen LogP contribution in [0.5, 0.6) is 5.75 Å². The molecule has 0 unspecified atom stereocenters. The Balaban J connectivity index is 1.76. The summed E-state index contributed by atoms with van der Waals surface area (Å²) in [6.45, 7) is 0.563. The van der Waals surface area contributed by atoms with Crippen LogP contribution in [0.15, 0.2) is 54.9 Å². The number of hydrogen-bond acceptors (Lipinski definition) is 4. The number of hydrogen-bond donors (Lipinski definition) is 1. The highest BCUT2D eigenvalue weighted by atomic mass is 16.5. The molecule has 0 saturated heterocycles. The molecule has 6 heteroatoms. The van der Waals surface area contributed by atoms with Crippen molar-refractivity contribution >= 4 is 11.6 Å². The number of aliphatic hydroxyl groups excluding tert-OH is 1. The van der Waals surface area contributed by atoms with Crippen molar-refractivity contribution in [2.45, 2.75) is 13.0 Å². The number of rotatable bonds is 7. The molecule has 1 amide bonds. The molecule has 130 valence electrons. The van der Waals surface area contributed by atoms with Gasteiger partial charge in [-0.1, -0.05) is 24.3 Å². The molecule has 6 nitrogen and oxygen atoms in total. The van der Waals surface area contributed by atoms with E-state index in [4.69, 9.17) is 4.74 Å². The predicted octanol–water partition coefficient (Wildman–Crippen LogP) is 1.91. The van der Waals surface area contributed by atoms with Crippen molar-refractivity contribution in [1.82, 2.24) is 14.3 Å². The van der Waals surface area contributed by atoms with Gasteiger partial charge < -0.3 is 19.1 Å². The fourth-order valence-electron chi connectivity index (χ4n) is 2.79. The number of aromatic nitrogens is 2. The van der Waals surface area contributed by atoms with Crippen LogP contribution in [0.3, 0.4) is 0 Å². The predicted molar refractivity (Wildman–Crippen MR) is 94.4 cm³/mol. The molecule has 3 rings (SSSR count). The third kappa shape index (κ3) is 3.97. The zero-order chi connectivity index (χ0) is 17.6. The second-order valence-corrected chi connectivity index (χ2v) is 5.73. The zero-order valence-corrected chi connectivity index (χ0v) is 14.1. The fraction of sp³-hybridized carbons (Fsp3) is 0.263. The van der Waals surface area contributed by atoms with E-state index < -0.39 is 0 Å². The summed E-state index contributed by atoms with van der Waals surface area (Å²) < 4.78 is 7.23. The lowest BCUT2D eigenvalue weighted by molar-refractivity contribution is -0.131. The van der Waals surface area contributed by atoms with Crippen LogP contribution in [0, 0.1) is 0 Å². The summed E-state index contributed by atoms with van der Waals surface area (Å²) in [5, 5.41) is 9.33. The van der Waals surface area contributed by atoms with Crippen molar-refractivity contribution in [1.29, 1.82) is 0 Å². The monoisotopic (exact) mass is 339 g/mol. The summed E-state index contributed by atoms with van der Waals surface area (Å²) in [6, 6.07) is 13.3. The van der Waals surface area contributed by atoms with E-state index in [0.29, 0.717) is 12.2 Å². The number of pyridine rings is 1. The Kier molecular flexibility index (Phi) is 5.30. The van der Waals surface area contributed by atoms with Gasteiger partial charge in [-0.15, -0.1) is 0 Å². The van der Waals surface area contributed by atoms with Crippen LogP contribution in [0.2, 0.25) is 0 Å². The molecule has 1 aromatic carbocycles. The van der Waals surface area contributed by atoms with Gasteiger partial charge in [-0.2, -0.15) is 0 Å². The highest BCUT2D eigenvalue weighted by Gasteiger charge is 2.17. The number of fused-ring (bicyclic) bond motifs is 1. The summed E-state index contributed by atoms with van der Waals surface area (Å²) in [5.74, 6) is 0.648. The summed E-state index contributed by atoms with van der Waals surface area (Å²) in [7, 11) is 1.60. The van der Waals surface area contributed by atoms with Gasteiger partial charge in [0.05, 0.1) is 25.8 Å². The van der Waals surface area contributed by atoms with E-state index in [2.05, 4.69) is 4.98 Å². The Morgan fingerprint density at radius 3 is 2.80 bits per heavy atom. The summed E-state index contributed by atoms with van der Waals surface area (Å²) in [4.78, 5) is 18.8. The topological polar surface area (TPSA) is 67.1 Å². The Morgan fingerprint density at radius 1 is 1.24 bits per heavy atom. The van der Waals surface area contributed by atoms with E-state index in [1.54, 1.807) is 12.0 Å². The van der Waals surface area contributed by atoms with E-state index in [9.17, 15) is 9.90 Å². The number of nitrogens with zero attached hydrogens (tertiary/aromatic N) is 3. The molecule has 0 fully saturated rings. The van der Waals surface area contributed by atoms with E-state index in [1.165, 1.54) is 0 Å². The zero-order valence-electron chi connectivity index (χ0n) is 14.1. The molecule has 2 aromatic heterocycles. The van der Waals surface area contributed by atoms with Crippen LogP contribution in [0.4, 0.5) is 0 Å². The van der Waals surface area contributed by atoms with Gasteiger partial charge in [0.2, 0.25) is 5.91 Å². The summed E-state index contributed by atoms with van der Waals surface area (Å²) in [6.07, 6.45) is 3.95. The highest BCUT2D eigenvalue weighted by Crippen LogP contribution is 2.19. The molecule has 0 aliphatic rings. The largest absolute Gasteiger partial charge is 0.496 e. The minimum absolute atomic E-state index is 0.0802. The van der Waals surface area contributed by atoms with Crippen LogP contribution < -0.4 is 4.74 Å². The first-order chi connectivity index (χ1) is 12.2.